The SMILES string of the molecule is Cl.N[C@H]1C[C@@H](OCc2ccccc2)C[C@H]1O. The third kappa shape index (κ3) is 3.46. The number of rotatable bonds is 3. The lowest BCUT2D eigenvalue weighted by atomic mass is 10.2. The Bertz CT molecular complexity index is 297. The molecule has 1 aliphatic carbocycles. The monoisotopic (exact) mass is 243 g/mol. The van der Waals surface area contributed by atoms with E-state index in [1.54, 1.807) is 0 Å². The Labute approximate surface area is 102 Å². The quantitative estimate of drug-likeness (QED) is 0.846. The zero-order chi connectivity index (χ0) is 10.7. The van der Waals surface area contributed by atoms with E-state index in [0.29, 0.717) is 13.0 Å². The molecule has 1 fully saturated rings. The van der Waals surface area contributed by atoms with E-state index in [2.05, 4.69) is 0 Å². The Morgan fingerprint density at radius 2 is 1.94 bits per heavy atom. The van der Waals surface area contributed by atoms with Crippen molar-refractivity contribution in [1.29, 1.82) is 0 Å². The van der Waals surface area contributed by atoms with Crippen LogP contribution in [0.3, 0.4) is 0 Å². The van der Waals surface area contributed by atoms with Crippen molar-refractivity contribution in [1.82, 2.24) is 0 Å². The van der Waals surface area contributed by atoms with E-state index < -0.39 is 6.10 Å². The molecule has 4 heteroatoms. The summed E-state index contributed by atoms with van der Waals surface area (Å²) >= 11 is 0. The number of aliphatic hydroxyl groups excluding tert-OH is 1. The van der Waals surface area contributed by atoms with Gasteiger partial charge in [0.2, 0.25) is 0 Å². The van der Waals surface area contributed by atoms with Gasteiger partial charge in [0.1, 0.15) is 0 Å². The number of ether oxygens (including phenoxy) is 1. The highest BCUT2D eigenvalue weighted by atomic mass is 35.5. The van der Waals surface area contributed by atoms with Gasteiger partial charge >= 0.3 is 0 Å². The van der Waals surface area contributed by atoms with E-state index in [-0.39, 0.29) is 24.6 Å². The smallest absolute Gasteiger partial charge is 0.0720 e. The molecule has 1 aromatic rings. The number of hydrogen-bond acceptors (Lipinski definition) is 3. The second-order valence-electron chi connectivity index (χ2n) is 4.12. The molecule has 3 N–H and O–H groups in total. The van der Waals surface area contributed by atoms with Gasteiger partial charge in [0.05, 0.1) is 18.8 Å². The fourth-order valence-electron chi connectivity index (χ4n) is 1.93. The van der Waals surface area contributed by atoms with Crippen LogP contribution < -0.4 is 5.73 Å². The molecule has 3 nitrogen and oxygen atoms in total. The van der Waals surface area contributed by atoms with Crippen LogP contribution >= 0.6 is 12.4 Å². The van der Waals surface area contributed by atoms with Crippen LogP contribution in [-0.4, -0.2) is 23.4 Å². The van der Waals surface area contributed by atoms with Gasteiger partial charge in [-0.3, -0.25) is 0 Å². The van der Waals surface area contributed by atoms with E-state index in [4.69, 9.17) is 10.5 Å². The summed E-state index contributed by atoms with van der Waals surface area (Å²) in [6.07, 6.45) is 1.13. The molecular formula is C12H18ClNO2. The largest absolute Gasteiger partial charge is 0.391 e. The lowest BCUT2D eigenvalue weighted by Gasteiger charge is -2.10. The number of nitrogens with two attached hydrogens (primary N) is 1. The molecule has 1 saturated carbocycles. The molecule has 90 valence electrons. The van der Waals surface area contributed by atoms with E-state index in [0.717, 1.165) is 12.0 Å². The van der Waals surface area contributed by atoms with E-state index in [1.165, 1.54) is 0 Å². The first-order valence-electron chi connectivity index (χ1n) is 5.35. The predicted molar refractivity (Wildman–Crippen MR) is 65.5 cm³/mol. The van der Waals surface area contributed by atoms with Crippen LogP contribution in [0.15, 0.2) is 30.3 Å². The number of benzene rings is 1. The number of halogens is 1. The molecule has 0 radical (unpaired) electrons. The highest BCUT2D eigenvalue weighted by Crippen LogP contribution is 2.22. The van der Waals surface area contributed by atoms with Crippen LogP contribution in [0.5, 0.6) is 0 Å². The highest BCUT2D eigenvalue weighted by molar-refractivity contribution is 5.85. The zero-order valence-electron chi connectivity index (χ0n) is 9.08. The molecule has 16 heavy (non-hydrogen) atoms. The fraction of sp³-hybridized carbons (Fsp3) is 0.500. The van der Waals surface area contributed by atoms with Gasteiger partial charge in [0.15, 0.2) is 0 Å². The van der Waals surface area contributed by atoms with Crippen LogP contribution in [0.2, 0.25) is 0 Å². The van der Waals surface area contributed by atoms with Crippen LogP contribution in [0.25, 0.3) is 0 Å². The molecule has 0 spiro atoms. The summed E-state index contributed by atoms with van der Waals surface area (Å²) in [5, 5.41) is 9.46. The van der Waals surface area contributed by atoms with E-state index in [1.807, 2.05) is 30.3 Å². The first kappa shape index (κ1) is 13.5. The van der Waals surface area contributed by atoms with Crippen LogP contribution in [0.1, 0.15) is 18.4 Å². The van der Waals surface area contributed by atoms with Crippen LogP contribution in [-0.2, 0) is 11.3 Å². The van der Waals surface area contributed by atoms with E-state index >= 15 is 0 Å². The summed E-state index contributed by atoms with van der Waals surface area (Å²) in [6.45, 7) is 0.602. The second kappa shape index (κ2) is 6.21. The molecule has 1 aromatic carbocycles. The first-order valence-corrected chi connectivity index (χ1v) is 5.35. The van der Waals surface area contributed by atoms with Gasteiger partial charge in [-0.15, -0.1) is 12.4 Å². The van der Waals surface area contributed by atoms with Crippen molar-refractivity contribution in [2.24, 2.45) is 5.73 Å². The Kier molecular flexibility index (Phi) is 5.22. The van der Waals surface area contributed by atoms with Crippen LogP contribution in [0.4, 0.5) is 0 Å². The number of aliphatic hydroxyl groups is 1. The minimum absolute atomic E-state index is 0. The Morgan fingerprint density at radius 1 is 1.25 bits per heavy atom. The summed E-state index contributed by atoms with van der Waals surface area (Å²) in [4.78, 5) is 0. The van der Waals surface area contributed by atoms with Crippen molar-refractivity contribution in [3.63, 3.8) is 0 Å². The summed E-state index contributed by atoms with van der Waals surface area (Å²) in [6, 6.07) is 9.92. The maximum Gasteiger partial charge on any atom is 0.0720 e. The van der Waals surface area contributed by atoms with Crippen molar-refractivity contribution in [2.75, 3.05) is 0 Å². The summed E-state index contributed by atoms with van der Waals surface area (Å²) in [5.41, 5.74) is 6.87. The third-order valence-electron chi connectivity index (χ3n) is 2.86. The topological polar surface area (TPSA) is 55.5 Å². The Morgan fingerprint density at radius 3 is 2.50 bits per heavy atom. The lowest BCUT2D eigenvalue weighted by Crippen LogP contribution is -2.28. The van der Waals surface area contributed by atoms with Crippen molar-refractivity contribution in [3.05, 3.63) is 35.9 Å². The first-order chi connectivity index (χ1) is 7.25. The molecule has 1 aliphatic rings. The standard InChI is InChI=1S/C12H17NO2.ClH/c13-11-6-10(7-12(11)14)15-8-9-4-2-1-3-5-9;/h1-5,10-12,14H,6-8,13H2;1H/t10-,11+,12-;/m1./s1. The molecule has 0 heterocycles. The molecule has 0 unspecified atom stereocenters. The number of hydrogen-bond donors (Lipinski definition) is 2. The maximum absolute atomic E-state index is 9.46. The Balaban J connectivity index is 0.00000128. The fourth-order valence-corrected chi connectivity index (χ4v) is 1.93. The normalized spacial score (nSPS) is 28.8. The molecule has 0 aliphatic heterocycles. The summed E-state index contributed by atoms with van der Waals surface area (Å²) in [5.74, 6) is 0. The van der Waals surface area contributed by atoms with Gasteiger partial charge in [0.25, 0.3) is 0 Å². The molecule has 0 aromatic heterocycles. The molecule has 0 bridgehead atoms. The van der Waals surface area contributed by atoms with Crippen LogP contribution in [0, 0.1) is 0 Å². The predicted octanol–water partition coefficient (Wildman–Crippen LogP) is 1.48. The minimum atomic E-state index is -0.397. The van der Waals surface area contributed by atoms with Crippen molar-refractivity contribution in [2.45, 2.75) is 37.7 Å². The van der Waals surface area contributed by atoms with Crippen molar-refractivity contribution in [3.8, 4) is 0 Å². The molecule has 0 saturated heterocycles. The molecule has 3 atom stereocenters. The van der Waals surface area contributed by atoms with Crippen molar-refractivity contribution < 1.29 is 9.84 Å². The van der Waals surface area contributed by atoms with Gasteiger partial charge in [-0.05, 0) is 12.0 Å². The van der Waals surface area contributed by atoms with Gasteiger partial charge in [0, 0.05) is 12.5 Å². The minimum Gasteiger partial charge on any atom is -0.391 e. The molecule has 2 rings (SSSR count). The van der Waals surface area contributed by atoms with Crippen molar-refractivity contribution >= 4 is 12.4 Å². The van der Waals surface area contributed by atoms with Gasteiger partial charge in [-0.25, -0.2) is 0 Å². The lowest BCUT2D eigenvalue weighted by molar-refractivity contribution is 0.0357. The van der Waals surface area contributed by atoms with Gasteiger partial charge in [-0.2, -0.15) is 0 Å². The average Bonchev–Trinajstić information content (AvgIpc) is 2.57. The summed E-state index contributed by atoms with van der Waals surface area (Å²) < 4.78 is 5.69. The average molecular weight is 244 g/mol. The summed E-state index contributed by atoms with van der Waals surface area (Å²) in [7, 11) is 0. The van der Waals surface area contributed by atoms with E-state index in [9.17, 15) is 5.11 Å². The Hall–Kier alpha value is -0.610. The third-order valence-corrected chi connectivity index (χ3v) is 2.86. The highest BCUT2D eigenvalue weighted by Gasteiger charge is 2.30. The zero-order valence-corrected chi connectivity index (χ0v) is 9.90. The molecular weight excluding hydrogens is 226 g/mol. The second-order valence-corrected chi connectivity index (χ2v) is 4.12. The van der Waals surface area contributed by atoms with Gasteiger partial charge < -0.3 is 15.6 Å². The molecule has 0 amide bonds. The maximum atomic E-state index is 9.46. The van der Waals surface area contributed by atoms with Gasteiger partial charge in [-0.1, -0.05) is 30.3 Å².